The molecule has 0 saturated carbocycles. The van der Waals surface area contributed by atoms with E-state index in [1.807, 2.05) is 17.5 Å². The summed E-state index contributed by atoms with van der Waals surface area (Å²) in [5.74, 6) is -0.482. The van der Waals surface area contributed by atoms with E-state index in [0.717, 1.165) is 4.88 Å². The molecule has 1 heterocycles. The average Bonchev–Trinajstić information content (AvgIpc) is 2.69. The molecule has 88 valence electrons. The highest BCUT2D eigenvalue weighted by atomic mass is 35.5. The Hall–Kier alpha value is -1.07. The van der Waals surface area contributed by atoms with E-state index in [4.69, 9.17) is 11.6 Å². The van der Waals surface area contributed by atoms with Crippen LogP contribution in [0.1, 0.15) is 11.8 Å². The van der Waals surface area contributed by atoms with E-state index in [9.17, 15) is 9.59 Å². The zero-order valence-corrected chi connectivity index (χ0v) is 10.6. The van der Waals surface area contributed by atoms with E-state index in [-0.39, 0.29) is 0 Å². The summed E-state index contributed by atoms with van der Waals surface area (Å²) < 4.78 is 0. The number of nitrogens with zero attached hydrogens (tertiary/aromatic N) is 1. The number of rotatable bonds is 3. The second kappa shape index (κ2) is 5.86. The predicted octanol–water partition coefficient (Wildman–Crippen LogP) is 2.04. The summed E-state index contributed by atoms with van der Waals surface area (Å²) in [6, 6.07) is 3.41. The fourth-order valence-corrected chi connectivity index (χ4v) is 1.82. The van der Waals surface area contributed by atoms with Crippen molar-refractivity contribution in [2.75, 3.05) is 7.05 Å². The lowest BCUT2D eigenvalue weighted by molar-refractivity contribution is -0.119. The number of hydrogen-bond acceptors (Lipinski definition) is 3. The Bertz CT molecular complexity index is 365. The zero-order valence-electron chi connectivity index (χ0n) is 9.07. The van der Waals surface area contributed by atoms with Crippen molar-refractivity contribution in [2.45, 2.75) is 18.8 Å². The van der Waals surface area contributed by atoms with Gasteiger partial charge >= 0.3 is 6.03 Å². The lowest BCUT2D eigenvalue weighted by atomic mass is 10.4. The van der Waals surface area contributed by atoms with Crippen LogP contribution in [0.4, 0.5) is 4.79 Å². The Balaban J connectivity index is 2.45. The van der Waals surface area contributed by atoms with Gasteiger partial charge in [0, 0.05) is 11.9 Å². The standard InChI is InChI=1S/C10H13ClN2O2S/c1-7(11)9(14)12-10(15)13(2)6-8-4-3-5-16-8/h3-5,7H,6H2,1-2H3,(H,12,14,15). The Kier molecular flexibility index (Phi) is 4.76. The molecule has 1 rings (SSSR count). The van der Waals surface area contributed by atoms with E-state index < -0.39 is 17.3 Å². The lowest BCUT2D eigenvalue weighted by Gasteiger charge is -2.16. The van der Waals surface area contributed by atoms with Crippen LogP contribution in [-0.4, -0.2) is 29.3 Å². The van der Waals surface area contributed by atoms with Gasteiger partial charge in [-0.1, -0.05) is 6.07 Å². The first-order chi connectivity index (χ1) is 7.50. The van der Waals surface area contributed by atoms with Crippen molar-refractivity contribution in [3.8, 4) is 0 Å². The molecule has 1 aromatic heterocycles. The molecule has 1 N–H and O–H groups in total. The number of urea groups is 1. The SMILES string of the molecule is CC(Cl)C(=O)NC(=O)N(C)Cc1cccs1. The number of imide groups is 1. The first kappa shape index (κ1) is 13.0. The van der Waals surface area contributed by atoms with Crippen molar-refractivity contribution in [1.29, 1.82) is 0 Å². The van der Waals surface area contributed by atoms with Gasteiger partial charge in [-0.25, -0.2) is 4.79 Å². The molecular weight excluding hydrogens is 248 g/mol. The normalized spacial score (nSPS) is 11.9. The maximum Gasteiger partial charge on any atom is 0.324 e. The summed E-state index contributed by atoms with van der Waals surface area (Å²) in [6.45, 7) is 2.00. The Morgan fingerprint density at radius 3 is 2.81 bits per heavy atom. The van der Waals surface area contributed by atoms with Crippen LogP contribution in [0.15, 0.2) is 17.5 Å². The molecule has 0 spiro atoms. The van der Waals surface area contributed by atoms with Gasteiger partial charge in [-0.3, -0.25) is 10.1 Å². The van der Waals surface area contributed by atoms with Gasteiger partial charge in [-0.05, 0) is 18.4 Å². The maximum absolute atomic E-state index is 11.5. The number of alkyl halides is 1. The molecule has 6 heteroatoms. The molecule has 1 unspecified atom stereocenters. The van der Waals surface area contributed by atoms with Crippen LogP contribution in [-0.2, 0) is 11.3 Å². The number of carbonyl (C=O) groups is 2. The predicted molar refractivity (Wildman–Crippen MR) is 64.6 cm³/mol. The van der Waals surface area contributed by atoms with E-state index in [2.05, 4.69) is 5.32 Å². The van der Waals surface area contributed by atoms with Crippen LogP contribution in [0.25, 0.3) is 0 Å². The molecule has 3 amide bonds. The monoisotopic (exact) mass is 260 g/mol. The van der Waals surface area contributed by atoms with Crippen molar-refractivity contribution in [1.82, 2.24) is 10.2 Å². The van der Waals surface area contributed by atoms with Crippen LogP contribution in [0, 0.1) is 0 Å². The second-order valence-corrected chi connectivity index (χ2v) is 5.03. The maximum atomic E-state index is 11.5. The van der Waals surface area contributed by atoms with Gasteiger partial charge in [0.15, 0.2) is 0 Å². The third-order valence-electron chi connectivity index (χ3n) is 1.91. The second-order valence-electron chi connectivity index (χ2n) is 3.35. The quantitative estimate of drug-likeness (QED) is 0.846. The number of carbonyl (C=O) groups excluding carboxylic acids is 2. The Morgan fingerprint density at radius 1 is 1.62 bits per heavy atom. The number of thiophene rings is 1. The van der Waals surface area contributed by atoms with Gasteiger partial charge in [-0.2, -0.15) is 0 Å². The molecule has 0 aliphatic carbocycles. The number of nitrogens with one attached hydrogen (secondary N) is 1. The summed E-state index contributed by atoms with van der Waals surface area (Å²) >= 11 is 7.10. The fourth-order valence-electron chi connectivity index (χ4n) is 1.01. The van der Waals surface area contributed by atoms with Crippen LogP contribution in [0.2, 0.25) is 0 Å². The van der Waals surface area contributed by atoms with Crippen molar-refractivity contribution in [2.24, 2.45) is 0 Å². The largest absolute Gasteiger partial charge is 0.324 e. The minimum absolute atomic E-state index is 0.439. The average molecular weight is 261 g/mol. The first-order valence-electron chi connectivity index (χ1n) is 4.73. The molecule has 0 aromatic carbocycles. The molecule has 0 fully saturated rings. The Labute approximate surface area is 103 Å². The van der Waals surface area contributed by atoms with Gasteiger partial charge in [-0.15, -0.1) is 22.9 Å². The highest BCUT2D eigenvalue weighted by Gasteiger charge is 2.16. The van der Waals surface area contributed by atoms with E-state index in [1.54, 1.807) is 18.4 Å². The van der Waals surface area contributed by atoms with E-state index in [1.165, 1.54) is 11.8 Å². The van der Waals surface area contributed by atoms with Gasteiger partial charge in [0.05, 0.1) is 6.54 Å². The summed E-state index contributed by atoms with van der Waals surface area (Å²) in [7, 11) is 1.63. The molecule has 1 aromatic rings. The molecule has 4 nitrogen and oxygen atoms in total. The summed E-state index contributed by atoms with van der Waals surface area (Å²) in [5.41, 5.74) is 0. The third kappa shape index (κ3) is 3.83. The summed E-state index contributed by atoms with van der Waals surface area (Å²) in [4.78, 5) is 25.2. The van der Waals surface area contributed by atoms with E-state index >= 15 is 0 Å². The van der Waals surface area contributed by atoms with E-state index in [0.29, 0.717) is 6.54 Å². The molecule has 1 atom stereocenters. The van der Waals surface area contributed by atoms with Crippen LogP contribution < -0.4 is 5.32 Å². The third-order valence-corrected chi connectivity index (χ3v) is 2.97. The van der Waals surface area contributed by atoms with Crippen molar-refractivity contribution in [3.05, 3.63) is 22.4 Å². The number of halogens is 1. The lowest BCUT2D eigenvalue weighted by Crippen LogP contribution is -2.42. The molecular formula is C10H13ClN2O2S. The van der Waals surface area contributed by atoms with Gasteiger partial charge in [0.25, 0.3) is 0 Å². The van der Waals surface area contributed by atoms with Crippen LogP contribution in [0.3, 0.4) is 0 Å². The number of hydrogen-bond donors (Lipinski definition) is 1. The highest BCUT2D eigenvalue weighted by Crippen LogP contribution is 2.10. The molecule has 0 aliphatic heterocycles. The van der Waals surface area contributed by atoms with Crippen LogP contribution in [0.5, 0.6) is 0 Å². The highest BCUT2D eigenvalue weighted by molar-refractivity contribution is 7.09. The topological polar surface area (TPSA) is 49.4 Å². The molecule has 0 bridgehead atoms. The van der Waals surface area contributed by atoms with Crippen molar-refractivity contribution in [3.63, 3.8) is 0 Å². The minimum Gasteiger partial charge on any atom is -0.322 e. The van der Waals surface area contributed by atoms with Gasteiger partial charge in [0.1, 0.15) is 5.38 Å². The minimum atomic E-state index is -0.709. The summed E-state index contributed by atoms with van der Waals surface area (Å²) in [5, 5.41) is 3.44. The van der Waals surface area contributed by atoms with Crippen LogP contribution >= 0.6 is 22.9 Å². The molecule has 16 heavy (non-hydrogen) atoms. The van der Waals surface area contributed by atoms with Crippen molar-refractivity contribution >= 4 is 34.9 Å². The van der Waals surface area contributed by atoms with Gasteiger partial charge < -0.3 is 4.90 Å². The number of amides is 3. The summed E-state index contributed by atoms with van der Waals surface area (Å²) in [6.07, 6.45) is 0. The zero-order chi connectivity index (χ0) is 12.1. The molecule has 0 saturated heterocycles. The first-order valence-corrected chi connectivity index (χ1v) is 6.04. The Morgan fingerprint density at radius 2 is 2.31 bits per heavy atom. The smallest absolute Gasteiger partial charge is 0.322 e. The molecule has 0 aliphatic rings. The van der Waals surface area contributed by atoms with Crippen molar-refractivity contribution < 1.29 is 9.59 Å². The molecule has 0 radical (unpaired) electrons. The van der Waals surface area contributed by atoms with Gasteiger partial charge in [0.2, 0.25) is 5.91 Å². The fraction of sp³-hybridized carbons (Fsp3) is 0.400.